The van der Waals surface area contributed by atoms with E-state index in [-0.39, 0.29) is 26.1 Å². The first-order valence-electron chi connectivity index (χ1n) is 11.1. The van der Waals surface area contributed by atoms with Crippen LogP contribution in [-0.4, -0.2) is 104 Å². The fourth-order valence-electron chi connectivity index (χ4n) is 2.88. The average Bonchev–Trinajstić information content (AvgIpc) is 2.82. The number of rotatable bonds is 17. The fraction of sp³-hybridized carbons (Fsp3) is 0.450. The summed E-state index contributed by atoms with van der Waals surface area (Å²) in [6.07, 6.45) is -1.65. The Morgan fingerprint density at radius 3 is 1.62 bits per heavy atom. The van der Waals surface area contributed by atoms with Gasteiger partial charge in [-0.3, -0.25) is 28.8 Å². The Hall–Kier alpha value is -5.07. The number of nitrogens with zero attached hydrogens (tertiary/aromatic N) is 2. The molecule has 0 bridgehead atoms. The van der Waals surface area contributed by atoms with Crippen molar-refractivity contribution in [2.75, 3.05) is 31.1 Å². The lowest BCUT2D eigenvalue weighted by molar-refractivity contribution is -0.147. The van der Waals surface area contributed by atoms with E-state index < -0.39 is 96.0 Å². The summed E-state index contributed by atoms with van der Waals surface area (Å²) >= 11 is 0. The standard InChI is InChI=1S/C20H28N8O11/c21-15-13(17(34)24-4-1-3-23-8(19(36)37)6-11(30)31)27-16(22)14(28-15)18(35)25-5-2-10(29)26-9(20(38)39)7-12(32)33/h8-9,23H,1-7H2,(H2,21,28)(H2,22,27)(H,24,34)(H,25,35)(H,26,29)(H,30,31)(H,32,33)(H,36,37)(H,38,39). The third-order valence-electron chi connectivity index (χ3n) is 4.74. The normalized spacial score (nSPS) is 12.0. The topological polar surface area (TPSA) is 326 Å². The Labute approximate surface area is 219 Å². The summed E-state index contributed by atoms with van der Waals surface area (Å²) < 4.78 is 0. The van der Waals surface area contributed by atoms with E-state index in [0.29, 0.717) is 0 Å². The minimum Gasteiger partial charge on any atom is -0.481 e. The Morgan fingerprint density at radius 2 is 1.15 bits per heavy atom. The van der Waals surface area contributed by atoms with E-state index in [1.807, 2.05) is 5.32 Å². The molecule has 2 unspecified atom stereocenters. The summed E-state index contributed by atoms with van der Waals surface area (Å²) in [7, 11) is 0. The van der Waals surface area contributed by atoms with Crippen LogP contribution in [0.5, 0.6) is 0 Å². The molecule has 1 rings (SSSR count). The van der Waals surface area contributed by atoms with Crippen molar-refractivity contribution in [1.82, 2.24) is 31.2 Å². The molecule has 1 aromatic heterocycles. The monoisotopic (exact) mass is 556 g/mol. The summed E-state index contributed by atoms with van der Waals surface area (Å²) in [5.41, 5.74) is 10.6. The van der Waals surface area contributed by atoms with Crippen LogP contribution >= 0.6 is 0 Å². The molecule has 0 saturated heterocycles. The lowest BCUT2D eigenvalue weighted by Crippen LogP contribution is -2.43. The molecule has 0 aliphatic carbocycles. The lowest BCUT2D eigenvalue weighted by Gasteiger charge is -2.13. The number of amides is 3. The molecule has 12 N–H and O–H groups in total. The van der Waals surface area contributed by atoms with Crippen molar-refractivity contribution in [3.63, 3.8) is 0 Å². The highest BCUT2D eigenvalue weighted by molar-refractivity contribution is 6.01. The first-order valence-corrected chi connectivity index (χ1v) is 11.1. The molecule has 39 heavy (non-hydrogen) atoms. The molecule has 3 amide bonds. The molecule has 0 spiro atoms. The molecule has 0 aliphatic rings. The van der Waals surface area contributed by atoms with E-state index in [1.165, 1.54) is 0 Å². The van der Waals surface area contributed by atoms with Gasteiger partial charge in [0.15, 0.2) is 23.0 Å². The van der Waals surface area contributed by atoms with Gasteiger partial charge in [0, 0.05) is 19.5 Å². The van der Waals surface area contributed by atoms with E-state index in [9.17, 15) is 33.6 Å². The molecule has 0 radical (unpaired) electrons. The maximum atomic E-state index is 12.3. The van der Waals surface area contributed by atoms with E-state index in [1.54, 1.807) is 0 Å². The maximum absolute atomic E-state index is 12.3. The van der Waals surface area contributed by atoms with Gasteiger partial charge in [-0.2, -0.15) is 0 Å². The molecule has 2 atom stereocenters. The molecule has 19 heteroatoms. The minimum atomic E-state index is -1.65. The number of aromatic nitrogens is 2. The van der Waals surface area contributed by atoms with Crippen LogP contribution in [-0.2, 0) is 24.0 Å². The Bertz CT molecular complexity index is 1130. The SMILES string of the molecule is Nc1nc(C(=O)NCCC(=O)NC(CC(=O)O)C(=O)O)c(N)nc1C(=O)NCCCNC(CC(=O)O)C(=O)O. The van der Waals surface area contributed by atoms with Crippen LogP contribution in [0, 0.1) is 0 Å². The van der Waals surface area contributed by atoms with Gasteiger partial charge in [0.05, 0.1) is 12.8 Å². The molecule has 0 fully saturated rings. The molecule has 19 nitrogen and oxygen atoms in total. The highest BCUT2D eigenvalue weighted by Gasteiger charge is 2.24. The van der Waals surface area contributed by atoms with Crippen LogP contribution in [0.2, 0.25) is 0 Å². The zero-order chi connectivity index (χ0) is 29.7. The Kier molecular flexibility index (Phi) is 12.5. The average molecular weight is 556 g/mol. The van der Waals surface area contributed by atoms with Crippen molar-refractivity contribution in [3.05, 3.63) is 11.4 Å². The number of hydrogen-bond acceptors (Lipinski definition) is 12. The number of anilines is 2. The molecule has 1 aromatic rings. The summed E-state index contributed by atoms with van der Waals surface area (Å²) in [5.74, 6) is -9.08. The van der Waals surface area contributed by atoms with Gasteiger partial charge in [-0.15, -0.1) is 0 Å². The van der Waals surface area contributed by atoms with E-state index in [0.717, 1.165) is 0 Å². The number of aliphatic carboxylic acids is 4. The van der Waals surface area contributed by atoms with Crippen molar-refractivity contribution < 1.29 is 54.0 Å². The van der Waals surface area contributed by atoms with Gasteiger partial charge in [0.1, 0.15) is 12.1 Å². The highest BCUT2D eigenvalue weighted by atomic mass is 16.4. The second-order valence-corrected chi connectivity index (χ2v) is 7.81. The molecular formula is C20H28N8O11. The molecule has 0 saturated carbocycles. The van der Waals surface area contributed by atoms with Gasteiger partial charge in [-0.25, -0.2) is 14.8 Å². The first kappa shape index (κ1) is 32.0. The predicted molar refractivity (Wildman–Crippen MR) is 128 cm³/mol. The maximum Gasteiger partial charge on any atom is 0.326 e. The second-order valence-electron chi connectivity index (χ2n) is 7.81. The van der Waals surface area contributed by atoms with Crippen molar-refractivity contribution in [3.8, 4) is 0 Å². The summed E-state index contributed by atoms with van der Waals surface area (Å²) in [5, 5.41) is 44.5. The van der Waals surface area contributed by atoms with E-state index in [2.05, 4.69) is 25.9 Å². The molecular weight excluding hydrogens is 528 g/mol. The van der Waals surface area contributed by atoms with Crippen LogP contribution in [0.3, 0.4) is 0 Å². The largest absolute Gasteiger partial charge is 0.481 e. The van der Waals surface area contributed by atoms with E-state index in [4.69, 9.17) is 31.9 Å². The summed E-state index contributed by atoms with van der Waals surface area (Å²) in [4.78, 5) is 87.3. The van der Waals surface area contributed by atoms with E-state index >= 15 is 0 Å². The smallest absolute Gasteiger partial charge is 0.326 e. The zero-order valence-electron chi connectivity index (χ0n) is 20.3. The first-order chi connectivity index (χ1) is 18.2. The quantitative estimate of drug-likeness (QED) is 0.0829. The molecule has 0 aromatic carbocycles. The Morgan fingerprint density at radius 1 is 0.692 bits per heavy atom. The van der Waals surface area contributed by atoms with Gasteiger partial charge in [0.2, 0.25) is 5.91 Å². The third-order valence-corrected chi connectivity index (χ3v) is 4.74. The van der Waals surface area contributed by atoms with Gasteiger partial charge >= 0.3 is 23.9 Å². The van der Waals surface area contributed by atoms with Crippen LogP contribution in [0.4, 0.5) is 11.6 Å². The lowest BCUT2D eigenvalue weighted by atomic mass is 10.2. The number of carboxylic acid groups (broad SMARTS) is 4. The minimum absolute atomic E-state index is 0.0196. The summed E-state index contributed by atoms with van der Waals surface area (Å²) in [6.45, 7) is -0.218. The Balaban J connectivity index is 2.60. The van der Waals surface area contributed by atoms with Crippen LogP contribution in [0.1, 0.15) is 46.7 Å². The van der Waals surface area contributed by atoms with Gasteiger partial charge in [-0.1, -0.05) is 0 Å². The predicted octanol–water partition coefficient (Wildman–Crippen LogP) is -3.56. The number of carbonyl (C=O) groups is 7. The van der Waals surface area contributed by atoms with Gasteiger partial charge in [-0.05, 0) is 13.0 Å². The number of nitrogens with two attached hydrogens (primary N) is 2. The number of nitrogen functional groups attached to an aromatic ring is 2. The van der Waals surface area contributed by atoms with Crippen molar-refractivity contribution >= 4 is 53.2 Å². The highest BCUT2D eigenvalue weighted by Crippen LogP contribution is 2.13. The van der Waals surface area contributed by atoms with Crippen LogP contribution in [0.25, 0.3) is 0 Å². The zero-order valence-corrected chi connectivity index (χ0v) is 20.3. The number of carbonyl (C=O) groups excluding carboxylic acids is 3. The van der Waals surface area contributed by atoms with Crippen LogP contribution < -0.4 is 32.7 Å². The molecule has 1 heterocycles. The second kappa shape index (κ2) is 15.2. The number of hydrogen-bond donors (Lipinski definition) is 10. The molecule has 214 valence electrons. The third kappa shape index (κ3) is 11.2. The number of nitrogens with one attached hydrogen (secondary N) is 4. The number of carboxylic acids is 4. The van der Waals surface area contributed by atoms with Crippen LogP contribution in [0.15, 0.2) is 0 Å². The van der Waals surface area contributed by atoms with Gasteiger partial charge in [0.25, 0.3) is 11.8 Å². The van der Waals surface area contributed by atoms with Crippen molar-refractivity contribution in [2.24, 2.45) is 0 Å². The van der Waals surface area contributed by atoms with Crippen molar-refractivity contribution in [2.45, 2.75) is 37.8 Å². The van der Waals surface area contributed by atoms with Gasteiger partial charge < -0.3 is 53.2 Å². The molecule has 0 aliphatic heterocycles. The summed E-state index contributed by atoms with van der Waals surface area (Å²) in [6, 6.07) is -2.95. The van der Waals surface area contributed by atoms with Crippen molar-refractivity contribution in [1.29, 1.82) is 0 Å². The fourth-order valence-corrected chi connectivity index (χ4v) is 2.88.